The van der Waals surface area contributed by atoms with E-state index >= 15 is 0 Å². The van der Waals surface area contributed by atoms with Crippen molar-refractivity contribution in [2.24, 2.45) is 11.3 Å². The van der Waals surface area contributed by atoms with Crippen molar-refractivity contribution in [3.05, 3.63) is 18.2 Å². The van der Waals surface area contributed by atoms with Crippen molar-refractivity contribution in [3.8, 4) is 0 Å². The molecule has 21 heavy (non-hydrogen) atoms. The molecule has 5 N–H and O–H groups in total. The van der Waals surface area contributed by atoms with E-state index in [0.717, 1.165) is 18.5 Å². The number of hydrogen-bond acceptors (Lipinski definition) is 3. The summed E-state index contributed by atoms with van der Waals surface area (Å²) in [5.41, 5.74) is 8.29. The highest BCUT2D eigenvalue weighted by molar-refractivity contribution is 5.85. The van der Waals surface area contributed by atoms with Gasteiger partial charge in [0.1, 0.15) is 0 Å². The molecule has 1 amide bonds. The average molecular weight is 291 g/mol. The van der Waals surface area contributed by atoms with E-state index in [9.17, 15) is 4.79 Å². The van der Waals surface area contributed by atoms with Crippen LogP contribution in [0.25, 0.3) is 0 Å². The van der Waals surface area contributed by atoms with E-state index in [0.29, 0.717) is 28.7 Å². The van der Waals surface area contributed by atoms with Crippen LogP contribution in [-0.4, -0.2) is 17.2 Å². The number of rotatable bonds is 3. The first-order valence-electron chi connectivity index (χ1n) is 7.41. The Morgan fingerprint density at radius 1 is 1.38 bits per heavy atom. The van der Waals surface area contributed by atoms with E-state index in [1.165, 1.54) is 6.42 Å². The van der Waals surface area contributed by atoms with Crippen molar-refractivity contribution in [1.82, 2.24) is 0 Å². The standard InChI is InChI=1S/C16H25N3O2/c1-10-6-12(9-16(2,3)8-10)18-14-5-4-11(7-13(14)17)19-15(20)21/h4-5,7,10,12,18-19H,6,8-9,17H2,1-3H3,(H,20,21). The molecule has 116 valence electrons. The monoisotopic (exact) mass is 291 g/mol. The van der Waals surface area contributed by atoms with E-state index < -0.39 is 6.09 Å². The highest BCUT2D eigenvalue weighted by Crippen LogP contribution is 2.40. The van der Waals surface area contributed by atoms with Crippen LogP contribution in [0.3, 0.4) is 0 Å². The van der Waals surface area contributed by atoms with Crippen molar-refractivity contribution < 1.29 is 9.90 Å². The van der Waals surface area contributed by atoms with Crippen molar-refractivity contribution in [2.75, 3.05) is 16.4 Å². The molecular formula is C16H25N3O2. The number of amides is 1. The summed E-state index contributed by atoms with van der Waals surface area (Å²) in [5, 5.41) is 14.5. The summed E-state index contributed by atoms with van der Waals surface area (Å²) in [6.07, 6.45) is 2.42. The first-order valence-corrected chi connectivity index (χ1v) is 7.41. The Kier molecular flexibility index (Phi) is 4.30. The maximum atomic E-state index is 10.6. The Morgan fingerprint density at radius 2 is 2.10 bits per heavy atom. The number of hydrogen-bond donors (Lipinski definition) is 4. The molecule has 1 fully saturated rings. The van der Waals surface area contributed by atoms with Crippen LogP contribution in [0.5, 0.6) is 0 Å². The highest BCUT2D eigenvalue weighted by Gasteiger charge is 2.32. The lowest BCUT2D eigenvalue weighted by Crippen LogP contribution is -2.35. The van der Waals surface area contributed by atoms with Gasteiger partial charge in [-0.15, -0.1) is 0 Å². The van der Waals surface area contributed by atoms with Crippen LogP contribution in [-0.2, 0) is 0 Å². The zero-order valence-electron chi connectivity index (χ0n) is 12.9. The van der Waals surface area contributed by atoms with Gasteiger partial charge >= 0.3 is 6.09 Å². The molecule has 0 aromatic heterocycles. The summed E-state index contributed by atoms with van der Waals surface area (Å²) in [5.74, 6) is 0.695. The molecule has 1 aliphatic carbocycles. The number of benzene rings is 1. The predicted molar refractivity (Wildman–Crippen MR) is 86.7 cm³/mol. The van der Waals surface area contributed by atoms with Crippen molar-refractivity contribution in [1.29, 1.82) is 0 Å². The summed E-state index contributed by atoms with van der Waals surface area (Å²) in [4.78, 5) is 10.6. The van der Waals surface area contributed by atoms with Gasteiger partial charge in [-0.3, -0.25) is 5.32 Å². The van der Waals surface area contributed by atoms with Gasteiger partial charge in [0.2, 0.25) is 0 Å². The van der Waals surface area contributed by atoms with Crippen LogP contribution < -0.4 is 16.4 Å². The lowest BCUT2D eigenvalue weighted by Gasteiger charge is -2.39. The normalized spacial score (nSPS) is 24.3. The molecule has 2 rings (SSSR count). The molecule has 0 saturated heterocycles. The maximum Gasteiger partial charge on any atom is 0.409 e. The second-order valence-corrected chi connectivity index (χ2v) is 6.99. The Bertz CT molecular complexity index is 528. The van der Waals surface area contributed by atoms with Crippen molar-refractivity contribution >= 4 is 23.2 Å². The quantitative estimate of drug-likeness (QED) is 0.634. The van der Waals surface area contributed by atoms with Gasteiger partial charge in [-0.25, -0.2) is 4.79 Å². The SMILES string of the molecule is CC1CC(Nc2ccc(NC(=O)O)cc2N)CC(C)(C)C1. The molecule has 1 aromatic rings. The molecule has 0 bridgehead atoms. The van der Waals surface area contributed by atoms with Crippen molar-refractivity contribution in [3.63, 3.8) is 0 Å². The van der Waals surface area contributed by atoms with Crippen LogP contribution in [0.15, 0.2) is 18.2 Å². The van der Waals surface area contributed by atoms with E-state index in [1.54, 1.807) is 12.1 Å². The third kappa shape index (κ3) is 4.28. The van der Waals surface area contributed by atoms with Gasteiger partial charge in [-0.05, 0) is 48.8 Å². The number of anilines is 3. The Morgan fingerprint density at radius 3 is 2.67 bits per heavy atom. The molecule has 2 atom stereocenters. The fourth-order valence-corrected chi connectivity index (χ4v) is 3.57. The molecular weight excluding hydrogens is 266 g/mol. The van der Waals surface area contributed by atoms with Crippen LogP contribution in [0.4, 0.5) is 21.9 Å². The summed E-state index contributed by atoms with van der Waals surface area (Å²) < 4.78 is 0. The lowest BCUT2D eigenvalue weighted by molar-refractivity contribution is 0.178. The number of nitrogen functional groups attached to an aromatic ring is 1. The summed E-state index contributed by atoms with van der Waals surface area (Å²) in [6, 6.07) is 5.62. The molecule has 5 heteroatoms. The van der Waals surface area contributed by atoms with E-state index in [1.807, 2.05) is 6.07 Å². The van der Waals surface area contributed by atoms with Crippen molar-refractivity contribution in [2.45, 2.75) is 46.1 Å². The van der Waals surface area contributed by atoms with Crippen LogP contribution in [0, 0.1) is 11.3 Å². The van der Waals surface area contributed by atoms with E-state index in [-0.39, 0.29) is 0 Å². The van der Waals surface area contributed by atoms with Gasteiger partial charge in [-0.2, -0.15) is 0 Å². The number of carboxylic acid groups (broad SMARTS) is 1. The predicted octanol–water partition coefficient (Wildman–Crippen LogP) is 3.99. The molecule has 2 unspecified atom stereocenters. The number of nitrogens with two attached hydrogens (primary N) is 1. The average Bonchev–Trinajstić information content (AvgIpc) is 2.29. The number of nitrogens with one attached hydrogen (secondary N) is 2. The first kappa shape index (κ1) is 15.5. The molecule has 0 aliphatic heterocycles. The maximum absolute atomic E-state index is 10.6. The number of carbonyl (C=O) groups is 1. The van der Waals surface area contributed by atoms with E-state index in [2.05, 4.69) is 31.4 Å². The third-order valence-corrected chi connectivity index (χ3v) is 4.05. The minimum Gasteiger partial charge on any atom is -0.465 e. The summed E-state index contributed by atoms with van der Waals surface area (Å²) in [7, 11) is 0. The van der Waals surface area contributed by atoms with Crippen LogP contribution >= 0.6 is 0 Å². The smallest absolute Gasteiger partial charge is 0.409 e. The van der Waals surface area contributed by atoms with Gasteiger partial charge in [0.15, 0.2) is 0 Å². The summed E-state index contributed by atoms with van der Waals surface area (Å²) in [6.45, 7) is 6.90. The topological polar surface area (TPSA) is 87.4 Å². The molecule has 1 aliphatic rings. The first-order chi connectivity index (χ1) is 9.75. The lowest BCUT2D eigenvalue weighted by atomic mass is 9.70. The molecule has 1 saturated carbocycles. The Hall–Kier alpha value is -1.91. The zero-order chi connectivity index (χ0) is 15.6. The molecule has 0 spiro atoms. The van der Waals surface area contributed by atoms with Gasteiger partial charge in [0.25, 0.3) is 0 Å². The molecule has 5 nitrogen and oxygen atoms in total. The van der Waals surface area contributed by atoms with Crippen LogP contribution in [0.2, 0.25) is 0 Å². The summed E-state index contributed by atoms with van der Waals surface area (Å²) >= 11 is 0. The van der Waals surface area contributed by atoms with Gasteiger partial charge in [0, 0.05) is 11.7 Å². The molecule has 0 heterocycles. The highest BCUT2D eigenvalue weighted by atomic mass is 16.4. The Labute approximate surface area is 125 Å². The fourth-order valence-electron chi connectivity index (χ4n) is 3.57. The van der Waals surface area contributed by atoms with Crippen LogP contribution in [0.1, 0.15) is 40.0 Å². The van der Waals surface area contributed by atoms with E-state index in [4.69, 9.17) is 10.8 Å². The zero-order valence-corrected chi connectivity index (χ0v) is 12.9. The van der Waals surface area contributed by atoms with Gasteiger partial charge in [-0.1, -0.05) is 20.8 Å². The minimum absolute atomic E-state index is 0.342. The molecule has 1 aromatic carbocycles. The third-order valence-electron chi connectivity index (χ3n) is 4.05. The van der Waals surface area contributed by atoms with Gasteiger partial charge in [0.05, 0.1) is 11.4 Å². The largest absolute Gasteiger partial charge is 0.465 e. The minimum atomic E-state index is -1.09. The second-order valence-electron chi connectivity index (χ2n) is 6.99. The Balaban J connectivity index is 2.07. The van der Waals surface area contributed by atoms with Gasteiger partial charge < -0.3 is 16.2 Å². The fraction of sp³-hybridized carbons (Fsp3) is 0.562. The second kappa shape index (κ2) is 5.84. The molecule has 0 radical (unpaired) electrons.